The van der Waals surface area contributed by atoms with E-state index in [1.165, 1.54) is 11.8 Å². The number of hydrogen-bond donors (Lipinski definition) is 2. The van der Waals surface area contributed by atoms with Crippen LogP contribution in [0.1, 0.15) is 13.8 Å². The first-order valence-corrected chi connectivity index (χ1v) is 8.97. The lowest BCUT2D eigenvalue weighted by Gasteiger charge is -2.08. The largest absolute Gasteiger partial charge is 0.338 e. The second-order valence-corrected chi connectivity index (χ2v) is 7.17. The average Bonchev–Trinajstić information content (AvgIpc) is 3.12. The lowest BCUT2D eigenvalue weighted by molar-refractivity contribution is -0.117. The van der Waals surface area contributed by atoms with Crippen molar-refractivity contribution in [2.75, 3.05) is 12.3 Å². The van der Waals surface area contributed by atoms with E-state index in [4.69, 9.17) is 0 Å². The Morgan fingerprint density at radius 1 is 1.39 bits per heavy atom. The highest BCUT2D eigenvalue weighted by Crippen LogP contribution is 2.25. The van der Waals surface area contributed by atoms with Crippen molar-refractivity contribution in [3.63, 3.8) is 0 Å². The minimum atomic E-state index is -0.471. The summed E-state index contributed by atoms with van der Waals surface area (Å²) in [6.45, 7) is 4.49. The molecule has 3 amide bonds. The predicted octanol–water partition coefficient (Wildman–Crippen LogP) is 2.12. The summed E-state index contributed by atoms with van der Waals surface area (Å²) < 4.78 is 1.84. The van der Waals surface area contributed by atoms with Gasteiger partial charge in [-0.05, 0) is 17.4 Å². The summed E-state index contributed by atoms with van der Waals surface area (Å²) in [6, 6.07) is 3.45. The summed E-state index contributed by atoms with van der Waals surface area (Å²) in [4.78, 5) is 24.3. The average molecular weight is 353 g/mol. The topological polar surface area (TPSA) is 88.9 Å². The normalized spacial score (nSPS) is 10.8. The van der Waals surface area contributed by atoms with Crippen LogP contribution in [0, 0.1) is 5.92 Å². The van der Waals surface area contributed by atoms with E-state index < -0.39 is 6.03 Å². The van der Waals surface area contributed by atoms with Gasteiger partial charge in [0.1, 0.15) is 0 Å². The molecule has 0 aliphatic carbocycles. The van der Waals surface area contributed by atoms with Crippen LogP contribution in [0.2, 0.25) is 0 Å². The van der Waals surface area contributed by atoms with Crippen LogP contribution < -0.4 is 10.6 Å². The predicted molar refractivity (Wildman–Crippen MR) is 91.4 cm³/mol. The molecular weight excluding hydrogens is 334 g/mol. The van der Waals surface area contributed by atoms with Crippen LogP contribution in [-0.4, -0.2) is 39.0 Å². The molecule has 0 spiro atoms. The maximum Gasteiger partial charge on any atom is 0.321 e. The SMILES string of the molecule is CC(C)CNC(=O)NC(=O)CSc1nnc(-c2cccs2)n1C. The molecule has 2 aromatic heterocycles. The Morgan fingerprint density at radius 3 is 2.83 bits per heavy atom. The number of thioether (sulfide) groups is 1. The number of imide groups is 1. The molecule has 0 aliphatic heterocycles. The van der Waals surface area contributed by atoms with E-state index in [1.807, 2.05) is 43.0 Å². The van der Waals surface area contributed by atoms with Crippen molar-refractivity contribution in [1.29, 1.82) is 0 Å². The van der Waals surface area contributed by atoms with Crippen LogP contribution in [0.4, 0.5) is 4.79 Å². The van der Waals surface area contributed by atoms with Crippen molar-refractivity contribution in [2.24, 2.45) is 13.0 Å². The van der Waals surface area contributed by atoms with Crippen molar-refractivity contribution < 1.29 is 9.59 Å². The standard InChI is InChI=1S/C14H19N5O2S2/c1-9(2)7-15-13(21)16-11(20)8-23-14-18-17-12(19(14)3)10-5-4-6-22-10/h4-6,9H,7-8H2,1-3H3,(H2,15,16,20,21). The van der Waals surface area contributed by atoms with Gasteiger partial charge in [-0.25, -0.2) is 4.79 Å². The van der Waals surface area contributed by atoms with Gasteiger partial charge in [0.2, 0.25) is 5.91 Å². The summed E-state index contributed by atoms with van der Waals surface area (Å²) in [5.41, 5.74) is 0. The molecule has 9 heteroatoms. The number of urea groups is 1. The van der Waals surface area contributed by atoms with E-state index in [-0.39, 0.29) is 11.7 Å². The zero-order valence-electron chi connectivity index (χ0n) is 13.2. The van der Waals surface area contributed by atoms with Crippen molar-refractivity contribution >= 4 is 35.0 Å². The highest BCUT2D eigenvalue weighted by atomic mass is 32.2. The van der Waals surface area contributed by atoms with Gasteiger partial charge >= 0.3 is 6.03 Å². The molecule has 0 saturated carbocycles. The molecule has 2 heterocycles. The number of nitrogens with one attached hydrogen (secondary N) is 2. The molecule has 23 heavy (non-hydrogen) atoms. The minimum Gasteiger partial charge on any atom is -0.338 e. The fourth-order valence-electron chi connectivity index (χ4n) is 1.69. The summed E-state index contributed by atoms with van der Waals surface area (Å²) >= 11 is 2.82. The summed E-state index contributed by atoms with van der Waals surface area (Å²) in [6.07, 6.45) is 0. The second-order valence-electron chi connectivity index (χ2n) is 5.28. The molecule has 0 atom stereocenters. The van der Waals surface area contributed by atoms with Crippen LogP contribution in [0.5, 0.6) is 0 Å². The number of hydrogen-bond acceptors (Lipinski definition) is 6. The number of carbonyl (C=O) groups is 2. The number of amides is 3. The van der Waals surface area contributed by atoms with E-state index in [9.17, 15) is 9.59 Å². The third kappa shape index (κ3) is 5.07. The van der Waals surface area contributed by atoms with E-state index in [0.717, 1.165) is 10.7 Å². The zero-order valence-corrected chi connectivity index (χ0v) is 14.8. The van der Waals surface area contributed by atoms with E-state index in [1.54, 1.807) is 11.3 Å². The molecular formula is C14H19N5O2S2. The van der Waals surface area contributed by atoms with Crippen molar-refractivity contribution in [3.8, 4) is 10.7 Å². The molecule has 124 valence electrons. The van der Waals surface area contributed by atoms with Crippen molar-refractivity contribution in [3.05, 3.63) is 17.5 Å². The number of thiophene rings is 1. The monoisotopic (exact) mass is 353 g/mol. The number of aromatic nitrogens is 3. The molecule has 0 aromatic carbocycles. The van der Waals surface area contributed by atoms with Crippen LogP contribution in [0.3, 0.4) is 0 Å². The fourth-order valence-corrected chi connectivity index (χ4v) is 3.15. The maximum absolute atomic E-state index is 11.8. The Balaban J connectivity index is 1.84. The van der Waals surface area contributed by atoms with Crippen molar-refractivity contribution in [2.45, 2.75) is 19.0 Å². The molecule has 0 fully saturated rings. The maximum atomic E-state index is 11.8. The highest BCUT2D eigenvalue weighted by molar-refractivity contribution is 7.99. The molecule has 2 N–H and O–H groups in total. The molecule has 0 radical (unpaired) electrons. The smallest absolute Gasteiger partial charge is 0.321 e. The molecule has 0 bridgehead atoms. The second kappa shape index (κ2) is 8.11. The van der Waals surface area contributed by atoms with E-state index in [2.05, 4.69) is 20.8 Å². The minimum absolute atomic E-state index is 0.103. The van der Waals surface area contributed by atoms with Gasteiger partial charge in [-0.1, -0.05) is 31.7 Å². The Kier molecular flexibility index (Phi) is 6.17. The Labute approximate surface area is 142 Å². The molecule has 0 aliphatic rings. The highest BCUT2D eigenvalue weighted by Gasteiger charge is 2.14. The third-order valence-electron chi connectivity index (χ3n) is 2.83. The number of nitrogens with zero attached hydrogens (tertiary/aromatic N) is 3. The Morgan fingerprint density at radius 2 is 2.17 bits per heavy atom. The summed E-state index contributed by atoms with van der Waals surface area (Å²) in [7, 11) is 1.85. The Hall–Kier alpha value is -1.87. The lowest BCUT2D eigenvalue weighted by Crippen LogP contribution is -2.41. The summed E-state index contributed by atoms with van der Waals surface area (Å²) in [5.74, 6) is 0.833. The van der Waals surface area contributed by atoms with Crippen LogP contribution in [0.25, 0.3) is 10.7 Å². The first-order chi connectivity index (χ1) is 11.0. The van der Waals surface area contributed by atoms with Gasteiger partial charge in [0, 0.05) is 13.6 Å². The van der Waals surface area contributed by atoms with E-state index in [0.29, 0.717) is 17.6 Å². The van der Waals surface area contributed by atoms with Gasteiger partial charge in [-0.3, -0.25) is 10.1 Å². The molecule has 2 rings (SSSR count). The van der Waals surface area contributed by atoms with Gasteiger partial charge in [0.05, 0.1) is 10.6 Å². The molecule has 7 nitrogen and oxygen atoms in total. The van der Waals surface area contributed by atoms with Gasteiger partial charge in [-0.15, -0.1) is 21.5 Å². The van der Waals surface area contributed by atoms with Gasteiger partial charge in [0.25, 0.3) is 0 Å². The molecule has 0 unspecified atom stereocenters. The molecule has 0 saturated heterocycles. The van der Waals surface area contributed by atoms with Crippen LogP contribution in [0.15, 0.2) is 22.7 Å². The van der Waals surface area contributed by atoms with Crippen molar-refractivity contribution in [1.82, 2.24) is 25.4 Å². The first kappa shape index (κ1) is 17.5. The zero-order chi connectivity index (χ0) is 16.8. The van der Waals surface area contributed by atoms with Gasteiger partial charge in [-0.2, -0.15) is 0 Å². The van der Waals surface area contributed by atoms with E-state index >= 15 is 0 Å². The Bertz CT molecular complexity index is 667. The van der Waals surface area contributed by atoms with Gasteiger partial charge < -0.3 is 9.88 Å². The van der Waals surface area contributed by atoms with Crippen LogP contribution >= 0.6 is 23.1 Å². The quantitative estimate of drug-likeness (QED) is 0.777. The number of carbonyl (C=O) groups excluding carboxylic acids is 2. The van der Waals surface area contributed by atoms with Crippen LogP contribution in [-0.2, 0) is 11.8 Å². The lowest BCUT2D eigenvalue weighted by atomic mass is 10.2. The first-order valence-electron chi connectivity index (χ1n) is 7.11. The third-order valence-corrected chi connectivity index (χ3v) is 4.72. The number of rotatable bonds is 6. The summed E-state index contributed by atoms with van der Waals surface area (Å²) in [5, 5.41) is 15.8. The molecule has 2 aromatic rings. The fraction of sp³-hybridized carbons (Fsp3) is 0.429. The van der Waals surface area contributed by atoms with Gasteiger partial charge in [0.15, 0.2) is 11.0 Å².